The zero-order valence-corrected chi connectivity index (χ0v) is 14.9. The Bertz CT molecular complexity index is 297. The van der Waals surface area contributed by atoms with E-state index in [1.54, 1.807) is 7.11 Å². The monoisotopic (exact) mass is 302 g/mol. The van der Waals surface area contributed by atoms with Crippen molar-refractivity contribution in [1.82, 2.24) is 10.2 Å². The van der Waals surface area contributed by atoms with Gasteiger partial charge < -0.3 is 14.4 Å². The van der Waals surface area contributed by atoms with E-state index in [0.717, 1.165) is 26.0 Å². The molecule has 0 fully saturated rings. The minimum atomic E-state index is -0.616. The van der Waals surface area contributed by atoms with E-state index in [2.05, 4.69) is 24.2 Å². The molecule has 126 valence electrons. The van der Waals surface area contributed by atoms with Crippen LogP contribution in [0.2, 0.25) is 0 Å². The summed E-state index contributed by atoms with van der Waals surface area (Å²) in [5, 5.41) is 3.35. The van der Waals surface area contributed by atoms with Crippen LogP contribution in [0, 0.1) is 0 Å². The number of carbonyl (C=O) groups excluding carboxylic acids is 1. The second-order valence-electron chi connectivity index (χ2n) is 6.24. The third-order valence-electron chi connectivity index (χ3n) is 3.68. The first-order valence-electron chi connectivity index (χ1n) is 7.91. The number of esters is 1. The van der Waals surface area contributed by atoms with E-state index < -0.39 is 5.54 Å². The first-order valence-corrected chi connectivity index (χ1v) is 7.91. The highest BCUT2D eigenvalue weighted by Crippen LogP contribution is 2.17. The molecule has 2 unspecified atom stereocenters. The molecule has 0 saturated heterocycles. The van der Waals surface area contributed by atoms with Crippen molar-refractivity contribution in [1.29, 1.82) is 0 Å². The first kappa shape index (κ1) is 20.3. The van der Waals surface area contributed by atoms with E-state index in [4.69, 9.17) is 9.47 Å². The number of hydrogen-bond donors (Lipinski definition) is 1. The maximum atomic E-state index is 12.2. The highest BCUT2D eigenvalue weighted by molar-refractivity contribution is 5.80. The van der Waals surface area contributed by atoms with E-state index in [1.807, 2.05) is 27.7 Å². The zero-order valence-electron chi connectivity index (χ0n) is 14.9. The van der Waals surface area contributed by atoms with E-state index in [9.17, 15) is 4.79 Å². The van der Waals surface area contributed by atoms with Crippen molar-refractivity contribution in [2.24, 2.45) is 0 Å². The molecule has 0 aliphatic rings. The number of carbonyl (C=O) groups is 1. The summed E-state index contributed by atoms with van der Waals surface area (Å²) < 4.78 is 10.4. The molecule has 0 radical (unpaired) electrons. The van der Waals surface area contributed by atoms with Gasteiger partial charge in [-0.25, -0.2) is 0 Å². The number of nitrogens with one attached hydrogen (secondary N) is 1. The first-order chi connectivity index (χ1) is 9.76. The number of hydrogen-bond acceptors (Lipinski definition) is 5. The van der Waals surface area contributed by atoms with E-state index in [0.29, 0.717) is 12.6 Å². The summed E-state index contributed by atoms with van der Waals surface area (Å²) in [5.41, 5.74) is -0.616. The summed E-state index contributed by atoms with van der Waals surface area (Å²) in [6.07, 6.45) is 1.69. The molecule has 0 rings (SSSR count). The lowest BCUT2D eigenvalue weighted by molar-refractivity contribution is -0.151. The van der Waals surface area contributed by atoms with Crippen molar-refractivity contribution in [3.63, 3.8) is 0 Å². The van der Waals surface area contributed by atoms with Crippen LogP contribution in [-0.4, -0.2) is 62.4 Å². The minimum absolute atomic E-state index is 0.161. The smallest absolute Gasteiger partial charge is 0.326 e. The van der Waals surface area contributed by atoms with Crippen LogP contribution in [0.25, 0.3) is 0 Å². The van der Waals surface area contributed by atoms with E-state index in [-0.39, 0.29) is 12.0 Å². The summed E-state index contributed by atoms with van der Waals surface area (Å²) in [7, 11) is 3.80. The number of ether oxygens (including phenoxy) is 2. The lowest BCUT2D eigenvalue weighted by atomic mass is 9.94. The number of methoxy groups -OCH3 is 1. The lowest BCUT2D eigenvalue weighted by Crippen LogP contribution is -2.53. The van der Waals surface area contributed by atoms with Gasteiger partial charge in [-0.2, -0.15) is 0 Å². The Morgan fingerprint density at radius 3 is 2.43 bits per heavy atom. The van der Waals surface area contributed by atoms with Crippen LogP contribution in [0.4, 0.5) is 0 Å². The molecule has 5 nitrogen and oxygen atoms in total. The molecule has 5 heteroatoms. The summed E-state index contributed by atoms with van der Waals surface area (Å²) in [6.45, 7) is 12.1. The lowest BCUT2D eigenvalue weighted by Gasteiger charge is -2.32. The van der Waals surface area contributed by atoms with Crippen molar-refractivity contribution < 1.29 is 14.3 Å². The van der Waals surface area contributed by atoms with Gasteiger partial charge in [-0.1, -0.05) is 0 Å². The third-order valence-corrected chi connectivity index (χ3v) is 3.68. The molecule has 0 bridgehead atoms. The highest BCUT2D eigenvalue weighted by Gasteiger charge is 2.34. The molecule has 0 spiro atoms. The van der Waals surface area contributed by atoms with Gasteiger partial charge in [-0.05, 0) is 61.1 Å². The van der Waals surface area contributed by atoms with E-state index in [1.165, 1.54) is 0 Å². The molecule has 0 aromatic heterocycles. The Kier molecular flexibility index (Phi) is 9.83. The number of rotatable bonds is 11. The summed E-state index contributed by atoms with van der Waals surface area (Å²) in [5.74, 6) is -0.161. The average Bonchev–Trinajstić information content (AvgIpc) is 2.38. The van der Waals surface area contributed by atoms with Crippen molar-refractivity contribution in [3.05, 3.63) is 0 Å². The molecule has 0 saturated carbocycles. The fourth-order valence-electron chi connectivity index (χ4n) is 2.43. The van der Waals surface area contributed by atoms with Gasteiger partial charge in [0.15, 0.2) is 0 Å². The summed E-state index contributed by atoms with van der Waals surface area (Å²) in [4.78, 5) is 14.4. The van der Waals surface area contributed by atoms with E-state index >= 15 is 0 Å². The molecular formula is C16H34N2O3. The van der Waals surface area contributed by atoms with Crippen LogP contribution in [0.5, 0.6) is 0 Å². The fraction of sp³-hybridized carbons (Fsp3) is 0.938. The van der Waals surface area contributed by atoms with Crippen molar-refractivity contribution in [2.45, 2.75) is 65.1 Å². The topological polar surface area (TPSA) is 50.8 Å². The van der Waals surface area contributed by atoms with Gasteiger partial charge in [0.25, 0.3) is 0 Å². The van der Waals surface area contributed by atoms with Crippen LogP contribution in [0.3, 0.4) is 0 Å². The molecule has 0 aliphatic heterocycles. The Morgan fingerprint density at radius 1 is 1.33 bits per heavy atom. The van der Waals surface area contributed by atoms with Crippen LogP contribution in [-0.2, 0) is 14.3 Å². The van der Waals surface area contributed by atoms with Crippen LogP contribution in [0.15, 0.2) is 0 Å². The van der Waals surface area contributed by atoms with Gasteiger partial charge in [0, 0.05) is 19.2 Å². The van der Waals surface area contributed by atoms with Crippen molar-refractivity contribution in [2.75, 3.05) is 33.9 Å². The maximum Gasteiger partial charge on any atom is 0.326 e. The fourth-order valence-corrected chi connectivity index (χ4v) is 2.43. The molecule has 21 heavy (non-hydrogen) atoms. The van der Waals surface area contributed by atoms with Crippen molar-refractivity contribution in [3.8, 4) is 0 Å². The Morgan fingerprint density at radius 2 is 1.95 bits per heavy atom. The number of likely N-dealkylation sites (N-methyl/N-ethyl adjacent to an activating group) is 1. The molecule has 0 aliphatic carbocycles. The van der Waals surface area contributed by atoms with Gasteiger partial charge in [0.2, 0.25) is 0 Å². The SMILES string of the molecule is CCOC(=O)C(C)(CCCN(C)C(C)COC)NC(C)C. The van der Waals surface area contributed by atoms with Crippen LogP contribution in [0.1, 0.15) is 47.5 Å². The van der Waals surface area contributed by atoms with Gasteiger partial charge in [0.05, 0.1) is 13.2 Å². The Balaban J connectivity index is 4.45. The maximum absolute atomic E-state index is 12.2. The predicted molar refractivity (Wildman–Crippen MR) is 86.5 cm³/mol. The molecule has 2 atom stereocenters. The minimum Gasteiger partial charge on any atom is -0.465 e. The normalized spacial score (nSPS) is 16.0. The molecule has 1 N–H and O–H groups in total. The second kappa shape index (κ2) is 10.1. The quantitative estimate of drug-likeness (QED) is 0.592. The molecule has 0 aromatic carbocycles. The second-order valence-corrected chi connectivity index (χ2v) is 6.24. The van der Waals surface area contributed by atoms with Crippen LogP contribution < -0.4 is 5.32 Å². The van der Waals surface area contributed by atoms with Crippen molar-refractivity contribution >= 4 is 5.97 Å². The molecule has 0 amide bonds. The number of nitrogens with zero attached hydrogens (tertiary/aromatic N) is 1. The average molecular weight is 302 g/mol. The molecular weight excluding hydrogens is 268 g/mol. The third kappa shape index (κ3) is 7.79. The highest BCUT2D eigenvalue weighted by atomic mass is 16.5. The predicted octanol–water partition coefficient (Wildman–Crippen LogP) is 2.05. The Hall–Kier alpha value is -0.650. The van der Waals surface area contributed by atoms with Gasteiger partial charge in [-0.15, -0.1) is 0 Å². The summed E-state index contributed by atoms with van der Waals surface area (Å²) >= 11 is 0. The molecule has 0 heterocycles. The Labute approximate surface area is 130 Å². The standard InChI is InChI=1S/C16H34N2O3/c1-8-21-15(19)16(5,17-13(2)3)10-9-11-18(6)14(4)12-20-7/h13-14,17H,8-12H2,1-7H3. The summed E-state index contributed by atoms with van der Waals surface area (Å²) in [6, 6.07) is 0.617. The zero-order chi connectivity index (χ0) is 16.5. The molecule has 0 aromatic rings. The van der Waals surface area contributed by atoms with Gasteiger partial charge >= 0.3 is 5.97 Å². The van der Waals surface area contributed by atoms with Gasteiger partial charge in [0.1, 0.15) is 5.54 Å². The largest absolute Gasteiger partial charge is 0.465 e. The van der Waals surface area contributed by atoms with Gasteiger partial charge in [-0.3, -0.25) is 10.1 Å². The van der Waals surface area contributed by atoms with Crippen LogP contribution >= 0.6 is 0 Å².